The molecule has 0 amide bonds. The Kier molecular flexibility index (Phi) is 4.81. The minimum absolute atomic E-state index is 0.276. The maximum atomic E-state index is 5.93. The van der Waals surface area contributed by atoms with Crippen molar-refractivity contribution >= 4 is 0 Å². The summed E-state index contributed by atoms with van der Waals surface area (Å²) in [6.07, 6.45) is 2.24. The van der Waals surface area contributed by atoms with Crippen molar-refractivity contribution in [3.8, 4) is 5.75 Å². The predicted octanol–water partition coefficient (Wildman–Crippen LogP) is 2.98. The van der Waals surface area contributed by atoms with Gasteiger partial charge >= 0.3 is 0 Å². The van der Waals surface area contributed by atoms with Crippen molar-refractivity contribution in [2.24, 2.45) is 5.73 Å². The van der Waals surface area contributed by atoms with Crippen LogP contribution in [0.1, 0.15) is 37.0 Å². The van der Waals surface area contributed by atoms with E-state index < -0.39 is 0 Å². The van der Waals surface area contributed by atoms with Crippen molar-refractivity contribution in [3.63, 3.8) is 0 Å². The average Bonchev–Trinajstić information content (AvgIpc) is 2.23. The molecule has 0 spiro atoms. The molecule has 0 aliphatic rings. The van der Waals surface area contributed by atoms with E-state index >= 15 is 0 Å². The molecular formula is C14H23NO. The van der Waals surface area contributed by atoms with Crippen molar-refractivity contribution in [3.05, 3.63) is 28.8 Å². The van der Waals surface area contributed by atoms with E-state index in [4.69, 9.17) is 10.5 Å². The SMILES string of the molecule is CCC(C)Oc1c(C)cc(CCN)cc1C. The molecule has 16 heavy (non-hydrogen) atoms. The molecule has 2 heteroatoms. The number of ether oxygens (including phenoxy) is 1. The molecule has 0 heterocycles. The maximum Gasteiger partial charge on any atom is 0.125 e. The zero-order chi connectivity index (χ0) is 12.1. The van der Waals surface area contributed by atoms with Gasteiger partial charge in [0.25, 0.3) is 0 Å². The first kappa shape index (κ1) is 13.0. The van der Waals surface area contributed by atoms with Gasteiger partial charge in [-0.05, 0) is 56.8 Å². The van der Waals surface area contributed by atoms with Gasteiger partial charge in [0.1, 0.15) is 5.75 Å². The topological polar surface area (TPSA) is 35.2 Å². The van der Waals surface area contributed by atoms with Gasteiger partial charge in [0.2, 0.25) is 0 Å². The van der Waals surface area contributed by atoms with Gasteiger partial charge in [0.15, 0.2) is 0 Å². The highest BCUT2D eigenvalue weighted by atomic mass is 16.5. The molecule has 0 bridgehead atoms. The molecular weight excluding hydrogens is 198 g/mol. The Bertz CT molecular complexity index is 324. The van der Waals surface area contributed by atoms with Crippen LogP contribution in [0, 0.1) is 13.8 Å². The summed E-state index contributed by atoms with van der Waals surface area (Å²) in [5.74, 6) is 1.04. The van der Waals surface area contributed by atoms with Gasteiger partial charge in [-0.3, -0.25) is 0 Å². The first-order valence-corrected chi connectivity index (χ1v) is 6.05. The molecule has 0 saturated carbocycles. The maximum absolute atomic E-state index is 5.93. The smallest absolute Gasteiger partial charge is 0.125 e. The van der Waals surface area contributed by atoms with Crippen LogP contribution in [0.3, 0.4) is 0 Å². The van der Waals surface area contributed by atoms with Crippen molar-refractivity contribution in [1.29, 1.82) is 0 Å². The van der Waals surface area contributed by atoms with Gasteiger partial charge in [0.05, 0.1) is 6.10 Å². The van der Waals surface area contributed by atoms with E-state index in [1.54, 1.807) is 0 Å². The molecule has 1 unspecified atom stereocenters. The second kappa shape index (κ2) is 5.90. The van der Waals surface area contributed by atoms with E-state index in [-0.39, 0.29) is 6.10 Å². The Labute approximate surface area is 98.8 Å². The van der Waals surface area contributed by atoms with E-state index in [0.29, 0.717) is 6.54 Å². The van der Waals surface area contributed by atoms with Crippen LogP contribution in [0.2, 0.25) is 0 Å². The molecule has 90 valence electrons. The number of hydrogen-bond acceptors (Lipinski definition) is 2. The third-order valence-corrected chi connectivity index (χ3v) is 2.85. The van der Waals surface area contributed by atoms with E-state index in [2.05, 4.69) is 39.8 Å². The van der Waals surface area contributed by atoms with Crippen LogP contribution in [-0.2, 0) is 6.42 Å². The molecule has 0 saturated heterocycles. The number of rotatable bonds is 5. The standard InChI is InChI=1S/C14H23NO/c1-5-12(4)16-14-10(2)8-13(6-7-15)9-11(14)3/h8-9,12H,5-7,15H2,1-4H3. The quantitative estimate of drug-likeness (QED) is 0.829. The highest BCUT2D eigenvalue weighted by molar-refractivity contribution is 5.43. The van der Waals surface area contributed by atoms with Crippen LogP contribution in [0.25, 0.3) is 0 Å². The summed E-state index contributed by atoms with van der Waals surface area (Å²) < 4.78 is 5.93. The number of benzene rings is 1. The average molecular weight is 221 g/mol. The second-order valence-electron chi connectivity index (χ2n) is 4.43. The minimum atomic E-state index is 0.276. The first-order valence-electron chi connectivity index (χ1n) is 6.05. The van der Waals surface area contributed by atoms with E-state index in [9.17, 15) is 0 Å². The van der Waals surface area contributed by atoms with Crippen LogP contribution in [-0.4, -0.2) is 12.6 Å². The van der Waals surface area contributed by atoms with Crippen molar-refractivity contribution in [1.82, 2.24) is 0 Å². The van der Waals surface area contributed by atoms with Crippen LogP contribution < -0.4 is 10.5 Å². The molecule has 1 aromatic carbocycles. The van der Waals surface area contributed by atoms with Crippen molar-refractivity contribution in [2.75, 3.05) is 6.54 Å². The lowest BCUT2D eigenvalue weighted by Crippen LogP contribution is -2.12. The third-order valence-electron chi connectivity index (χ3n) is 2.85. The van der Waals surface area contributed by atoms with Crippen molar-refractivity contribution < 1.29 is 4.74 Å². The third kappa shape index (κ3) is 3.24. The van der Waals surface area contributed by atoms with Gasteiger partial charge in [-0.15, -0.1) is 0 Å². The van der Waals surface area contributed by atoms with Gasteiger partial charge in [-0.2, -0.15) is 0 Å². The predicted molar refractivity (Wildman–Crippen MR) is 69.1 cm³/mol. The summed E-state index contributed by atoms with van der Waals surface area (Å²) in [6, 6.07) is 4.36. The Morgan fingerprint density at radius 2 is 1.81 bits per heavy atom. The van der Waals surface area contributed by atoms with Gasteiger partial charge in [-0.25, -0.2) is 0 Å². The summed E-state index contributed by atoms with van der Waals surface area (Å²) >= 11 is 0. The van der Waals surface area contributed by atoms with E-state index in [1.807, 2.05) is 0 Å². The summed E-state index contributed by atoms with van der Waals surface area (Å²) in [4.78, 5) is 0. The van der Waals surface area contributed by atoms with Crippen LogP contribution in [0.15, 0.2) is 12.1 Å². The molecule has 0 aliphatic heterocycles. The molecule has 2 nitrogen and oxygen atoms in total. The highest BCUT2D eigenvalue weighted by Gasteiger charge is 2.09. The monoisotopic (exact) mass is 221 g/mol. The zero-order valence-electron chi connectivity index (χ0n) is 10.8. The van der Waals surface area contributed by atoms with Gasteiger partial charge in [0, 0.05) is 0 Å². The summed E-state index contributed by atoms with van der Waals surface area (Å²) in [5, 5.41) is 0. The fraction of sp³-hybridized carbons (Fsp3) is 0.571. The lowest BCUT2D eigenvalue weighted by molar-refractivity contribution is 0.214. The Hall–Kier alpha value is -1.02. The highest BCUT2D eigenvalue weighted by Crippen LogP contribution is 2.26. The van der Waals surface area contributed by atoms with E-state index in [0.717, 1.165) is 18.6 Å². The molecule has 0 aliphatic carbocycles. The normalized spacial score (nSPS) is 12.6. The van der Waals surface area contributed by atoms with E-state index in [1.165, 1.54) is 16.7 Å². The minimum Gasteiger partial charge on any atom is -0.490 e. The lowest BCUT2D eigenvalue weighted by atomic mass is 10.0. The zero-order valence-corrected chi connectivity index (χ0v) is 10.8. The summed E-state index contributed by atoms with van der Waals surface area (Å²) in [5.41, 5.74) is 9.29. The molecule has 1 aromatic rings. The molecule has 1 rings (SSSR count). The van der Waals surface area contributed by atoms with Crippen molar-refractivity contribution in [2.45, 2.75) is 46.6 Å². The summed E-state index contributed by atoms with van der Waals surface area (Å²) in [6.45, 7) is 9.14. The Balaban J connectivity index is 2.93. The summed E-state index contributed by atoms with van der Waals surface area (Å²) in [7, 11) is 0. The Morgan fingerprint density at radius 1 is 1.25 bits per heavy atom. The first-order chi connectivity index (χ1) is 7.58. The van der Waals surface area contributed by atoms with Crippen LogP contribution in [0.5, 0.6) is 5.75 Å². The fourth-order valence-electron chi connectivity index (χ4n) is 1.82. The molecule has 0 fully saturated rings. The lowest BCUT2D eigenvalue weighted by Gasteiger charge is -2.18. The number of aryl methyl sites for hydroxylation is 2. The number of hydrogen-bond donors (Lipinski definition) is 1. The molecule has 2 N–H and O–H groups in total. The van der Waals surface area contributed by atoms with Crippen LogP contribution in [0.4, 0.5) is 0 Å². The van der Waals surface area contributed by atoms with Gasteiger partial charge in [-0.1, -0.05) is 19.1 Å². The Morgan fingerprint density at radius 3 is 2.25 bits per heavy atom. The molecule has 0 aromatic heterocycles. The number of nitrogens with two attached hydrogens (primary N) is 1. The fourth-order valence-corrected chi connectivity index (χ4v) is 1.82. The molecule has 0 radical (unpaired) electrons. The largest absolute Gasteiger partial charge is 0.490 e. The second-order valence-corrected chi connectivity index (χ2v) is 4.43. The van der Waals surface area contributed by atoms with Crippen LogP contribution >= 0.6 is 0 Å². The molecule has 1 atom stereocenters. The van der Waals surface area contributed by atoms with Gasteiger partial charge < -0.3 is 10.5 Å².